The highest BCUT2D eigenvalue weighted by Crippen LogP contribution is 2.24. The third kappa shape index (κ3) is 4.49. The first-order valence-corrected chi connectivity index (χ1v) is 8.85. The molecule has 1 aliphatic heterocycles. The summed E-state index contributed by atoms with van der Waals surface area (Å²) in [5.74, 6) is 0. The average molecular weight is 335 g/mol. The molecule has 0 unspecified atom stereocenters. The van der Waals surface area contributed by atoms with Crippen LogP contribution in [0.5, 0.6) is 0 Å². The summed E-state index contributed by atoms with van der Waals surface area (Å²) in [6, 6.07) is 7.06. The first-order chi connectivity index (χ1) is 9.13. The quantitative estimate of drug-likeness (QED) is 0.639. The zero-order chi connectivity index (χ0) is 13.7. The molecular weight excluding hydrogens is 316 g/mol. The summed E-state index contributed by atoms with van der Waals surface area (Å²) in [5.41, 5.74) is 1.14. The van der Waals surface area contributed by atoms with Crippen LogP contribution in [0, 0.1) is 0 Å². The van der Waals surface area contributed by atoms with E-state index in [-0.39, 0.29) is 12.4 Å². The van der Waals surface area contributed by atoms with Crippen LogP contribution in [0.25, 0.3) is 0 Å². The highest BCUT2D eigenvalue weighted by molar-refractivity contribution is 7.99. The van der Waals surface area contributed by atoms with Crippen molar-refractivity contribution < 1.29 is 8.42 Å². The van der Waals surface area contributed by atoms with Gasteiger partial charge in [0.1, 0.15) is 0 Å². The molecule has 1 aliphatic rings. The Kier molecular flexibility index (Phi) is 7.05. The van der Waals surface area contributed by atoms with Gasteiger partial charge >= 0.3 is 0 Å². The van der Waals surface area contributed by atoms with Crippen LogP contribution in [0.2, 0.25) is 0 Å². The van der Waals surface area contributed by atoms with Gasteiger partial charge in [-0.2, -0.15) is 0 Å². The molecule has 0 amide bonds. The summed E-state index contributed by atoms with van der Waals surface area (Å²) >= 11 is 1.44. The van der Waals surface area contributed by atoms with Crippen molar-refractivity contribution in [2.75, 3.05) is 25.9 Å². The van der Waals surface area contributed by atoms with E-state index in [9.17, 15) is 8.42 Å². The molecule has 4 nitrogen and oxygen atoms in total. The summed E-state index contributed by atoms with van der Waals surface area (Å²) in [6.45, 7) is 2.13. The molecule has 0 aromatic heterocycles. The number of hydrogen-bond donors (Lipinski definition) is 2. The van der Waals surface area contributed by atoms with Crippen LogP contribution >= 0.6 is 24.2 Å². The summed E-state index contributed by atoms with van der Waals surface area (Å²) in [7, 11) is -3.43. The zero-order valence-corrected chi connectivity index (χ0v) is 13.7. The van der Waals surface area contributed by atoms with Gasteiger partial charge in [-0.25, -0.2) is 13.1 Å². The van der Waals surface area contributed by atoms with E-state index < -0.39 is 10.0 Å². The Morgan fingerprint density at radius 1 is 1.35 bits per heavy atom. The standard InChI is InChI=1S/C13H18N2O2S2.ClH/c1-18-12-4-2-3-5-13(12)19(16,17)15-10-11-6-8-14-9-7-11;/h2-6,14-15H,7-10H2,1H3;1H. The van der Waals surface area contributed by atoms with E-state index in [1.807, 2.05) is 24.5 Å². The molecule has 0 radical (unpaired) electrons. The number of halogens is 1. The van der Waals surface area contributed by atoms with Crippen LogP contribution < -0.4 is 10.0 Å². The lowest BCUT2D eigenvalue weighted by Crippen LogP contribution is -2.30. The summed E-state index contributed by atoms with van der Waals surface area (Å²) in [4.78, 5) is 1.13. The van der Waals surface area contributed by atoms with Crippen molar-refractivity contribution in [1.82, 2.24) is 10.0 Å². The Morgan fingerprint density at radius 2 is 2.10 bits per heavy atom. The van der Waals surface area contributed by atoms with Gasteiger partial charge in [0.05, 0.1) is 4.90 Å². The zero-order valence-electron chi connectivity index (χ0n) is 11.3. The molecule has 2 N–H and O–H groups in total. The average Bonchev–Trinajstić information content (AvgIpc) is 2.46. The van der Waals surface area contributed by atoms with Crippen molar-refractivity contribution in [3.8, 4) is 0 Å². The van der Waals surface area contributed by atoms with Crippen molar-refractivity contribution in [3.63, 3.8) is 0 Å². The second-order valence-corrected chi connectivity index (χ2v) is 6.88. The molecule has 0 saturated carbocycles. The predicted octanol–water partition coefficient (Wildman–Crippen LogP) is 2.03. The fourth-order valence-electron chi connectivity index (χ4n) is 1.94. The van der Waals surface area contributed by atoms with Crippen LogP contribution in [0.4, 0.5) is 0 Å². The Bertz CT molecular complexity index is 573. The minimum absolute atomic E-state index is 0. The Hall–Kier alpha value is -0.530. The SMILES string of the molecule is CSc1ccccc1S(=O)(=O)NCC1=CCNCC1.Cl. The summed E-state index contributed by atoms with van der Waals surface area (Å²) < 4.78 is 27.3. The van der Waals surface area contributed by atoms with Crippen molar-refractivity contribution in [2.24, 2.45) is 0 Å². The molecule has 20 heavy (non-hydrogen) atoms. The lowest BCUT2D eigenvalue weighted by Gasteiger charge is -2.15. The summed E-state index contributed by atoms with van der Waals surface area (Å²) in [6.07, 6.45) is 4.82. The van der Waals surface area contributed by atoms with E-state index in [1.165, 1.54) is 11.8 Å². The molecule has 0 bridgehead atoms. The lowest BCUT2D eigenvalue weighted by molar-refractivity contribution is 0.580. The lowest BCUT2D eigenvalue weighted by atomic mass is 10.1. The second-order valence-electron chi connectivity index (χ2n) is 4.29. The van der Waals surface area contributed by atoms with Gasteiger partial charge in [-0.15, -0.1) is 24.2 Å². The van der Waals surface area contributed by atoms with E-state index >= 15 is 0 Å². The van der Waals surface area contributed by atoms with Gasteiger partial charge in [0.2, 0.25) is 10.0 Å². The van der Waals surface area contributed by atoms with E-state index in [1.54, 1.807) is 12.1 Å². The third-order valence-corrected chi connectivity index (χ3v) is 5.39. The van der Waals surface area contributed by atoms with Crippen LogP contribution in [-0.4, -0.2) is 34.3 Å². The van der Waals surface area contributed by atoms with Crippen LogP contribution in [0.3, 0.4) is 0 Å². The molecule has 0 fully saturated rings. The van der Waals surface area contributed by atoms with Crippen LogP contribution in [0.15, 0.2) is 45.7 Å². The van der Waals surface area contributed by atoms with Gasteiger partial charge in [-0.1, -0.05) is 23.8 Å². The van der Waals surface area contributed by atoms with Gasteiger partial charge in [-0.05, 0) is 31.4 Å². The van der Waals surface area contributed by atoms with E-state index in [0.717, 1.165) is 30.0 Å². The van der Waals surface area contributed by atoms with Gasteiger partial charge in [0, 0.05) is 18.0 Å². The maximum Gasteiger partial charge on any atom is 0.241 e. The maximum absolute atomic E-state index is 12.3. The van der Waals surface area contributed by atoms with Crippen molar-refractivity contribution >= 4 is 34.2 Å². The number of sulfonamides is 1. The smallest absolute Gasteiger partial charge is 0.241 e. The Balaban J connectivity index is 0.00000200. The van der Waals surface area contributed by atoms with Crippen LogP contribution in [0.1, 0.15) is 6.42 Å². The molecule has 2 rings (SSSR count). The molecule has 112 valence electrons. The van der Waals surface area contributed by atoms with Crippen molar-refractivity contribution in [1.29, 1.82) is 0 Å². The number of benzene rings is 1. The summed E-state index contributed by atoms with van der Waals surface area (Å²) in [5, 5.41) is 3.20. The number of nitrogens with one attached hydrogen (secondary N) is 2. The number of hydrogen-bond acceptors (Lipinski definition) is 4. The molecule has 7 heteroatoms. The van der Waals surface area contributed by atoms with Crippen molar-refractivity contribution in [3.05, 3.63) is 35.9 Å². The second kappa shape index (κ2) is 8.05. The normalized spacial score (nSPS) is 15.3. The molecule has 1 aromatic rings. The van der Waals surface area contributed by atoms with E-state index in [0.29, 0.717) is 11.4 Å². The Labute approximate surface area is 130 Å². The van der Waals surface area contributed by atoms with Crippen molar-refractivity contribution in [2.45, 2.75) is 16.2 Å². The van der Waals surface area contributed by atoms with Gasteiger partial charge in [0.25, 0.3) is 0 Å². The molecule has 0 aliphatic carbocycles. The minimum Gasteiger partial charge on any atom is -0.313 e. The largest absolute Gasteiger partial charge is 0.313 e. The van der Waals surface area contributed by atoms with E-state index in [4.69, 9.17) is 0 Å². The highest BCUT2D eigenvalue weighted by Gasteiger charge is 2.18. The molecule has 1 heterocycles. The van der Waals surface area contributed by atoms with Crippen LogP contribution in [-0.2, 0) is 10.0 Å². The highest BCUT2D eigenvalue weighted by atomic mass is 35.5. The van der Waals surface area contributed by atoms with Gasteiger partial charge in [0.15, 0.2) is 0 Å². The molecule has 0 atom stereocenters. The molecule has 1 aromatic carbocycles. The van der Waals surface area contributed by atoms with Gasteiger partial charge < -0.3 is 5.32 Å². The monoisotopic (exact) mass is 334 g/mol. The fourth-order valence-corrected chi connectivity index (χ4v) is 4.12. The van der Waals surface area contributed by atoms with E-state index in [2.05, 4.69) is 10.0 Å². The molecule has 0 saturated heterocycles. The maximum atomic E-state index is 12.3. The number of thioether (sulfide) groups is 1. The minimum atomic E-state index is -3.43. The number of rotatable bonds is 5. The van der Waals surface area contributed by atoms with Gasteiger partial charge in [-0.3, -0.25) is 0 Å². The third-order valence-electron chi connectivity index (χ3n) is 3.01. The molecular formula is C13H19ClN2O2S2. The molecule has 0 spiro atoms. The Morgan fingerprint density at radius 3 is 2.75 bits per heavy atom. The first-order valence-electron chi connectivity index (χ1n) is 6.15. The fraction of sp³-hybridized carbons (Fsp3) is 0.385. The topological polar surface area (TPSA) is 58.2 Å². The first kappa shape index (κ1) is 17.5. The predicted molar refractivity (Wildman–Crippen MR) is 86.2 cm³/mol.